The minimum atomic E-state index is -0.356. The van der Waals surface area contributed by atoms with Crippen LogP contribution in [-0.2, 0) is 0 Å². The highest BCUT2D eigenvalue weighted by Gasteiger charge is 2.15. The molecule has 0 bridgehead atoms. The Balaban J connectivity index is 2.26. The second kappa shape index (κ2) is 6.65. The summed E-state index contributed by atoms with van der Waals surface area (Å²) in [7, 11) is 0. The number of hydrogen-bond donors (Lipinski definition) is 1. The lowest BCUT2D eigenvalue weighted by Crippen LogP contribution is -2.07. The van der Waals surface area contributed by atoms with Crippen LogP contribution in [0.2, 0.25) is 0 Å². The highest BCUT2D eigenvalue weighted by Crippen LogP contribution is 2.25. The van der Waals surface area contributed by atoms with E-state index in [4.69, 9.17) is 11.0 Å². The van der Waals surface area contributed by atoms with Crippen LogP contribution >= 0.6 is 11.8 Å². The molecule has 0 fully saturated rings. The molecule has 4 heteroatoms. The normalized spacial score (nSPS) is 11.2. The molecule has 0 heterocycles. The van der Waals surface area contributed by atoms with Crippen molar-refractivity contribution in [3.05, 3.63) is 24.0 Å². The molecule has 1 rings (SSSR count). The number of nitriles is 1. The number of unbranched alkanes of at least 4 members (excludes halogenated alkanes) is 1. The lowest BCUT2D eigenvalue weighted by Gasteiger charge is -2.14. The van der Waals surface area contributed by atoms with Gasteiger partial charge in [0.05, 0.1) is 17.2 Å². The number of rotatable bonds is 6. The molecular formula is C14H19FN2S. The number of hydrogen-bond acceptors (Lipinski definition) is 3. The molecule has 2 N–H and O–H groups in total. The third-order valence-corrected chi connectivity index (χ3v) is 3.82. The summed E-state index contributed by atoms with van der Waals surface area (Å²) in [6.45, 7) is 3.91. The van der Waals surface area contributed by atoms with Crippen LogP contribution in [0.3, 0.4) is 0 Å². The van der Waals surface area contributed by atoms with Gasteiger partial charge < -0.3 is 5.73 Å². The first-order chi connectivity index (χ1) is 8.44. The molecule has 0 aliphatic heterocycles. The molecule has 0 aliphatic rings. The van der Waals surface area contributed by atoms with E-state index in [1.165, 1.54) is 6.07 Å². The molecule has 0 saturated heterocycles. The largest absolute Gasteiger partial charge is 0.396 e. The number of halogens is 1. The second-order valence-electron chi connectivity index (χ2n) is 4.98. The Labute approximate surface area is 112 Å². The van der Waals surface area contributed by atoms with Crippen LogP contribution in [0, 0.1) is 22.6 Å². The summed E-state index contributed by atoms with van der Waals surface area (Å²) in [5.74, 6) is 0.579. The Kier molecular flexibility index (Phi) is 5.49. The number of anilines is 1. The van der Waals surface area contributed by atoms with Crippen LogP contribution in [0.4, 0.5) is 10.1 Å². The van der Waals surface area contributed by atoms with E-state index in [1.54, 1.807) is 17.8 Å². The fourth-order valence-electron chi connectivity index (χ4n) is 1.51. The van der Waals surface area contributed by atoms with Crippen molar-refractivity contribution in [1.29, 1.82) is 5.26 Å². The smallest absolute Gasteiger partial charge is 0.147 e. The molecular weight excluding hydrogens is 247 g/mol. The third kappa shape index (κ3) is 4.97. The van der Waals surface area contributed by atoms with Gasteiger partial charge in [-0.15, -0.1) is 11.8 Å². The first kappa shape index (κ1) is 14.8. The minimum Gasteiger partial charge on any atom is -0.396 e. The average Bonchev–Trinajstić information content (AvgIpc) is 2.33. The zero-order chi connectivity index (χ0) is 13.6. The van der Waals surface area contributed by atoms with Gasteiger partial charge in [0.1, 0.15) is 5.82 Å². The highest BCUT2D eigenvalue weighted by molar-refractivity contribution is 7.99. The SMILES string of the molecule is CC(C)(C#N)CCCCSc1ccc(N)c(F)c1. The molecule has 0 aliphatic carbocycles. The van der Waals surface area contributed by atoms with Crippen LogP contribution in [0.1, 0.15) is 33.1 Å². The molecule has 0 radical (unpaired) electrons. The standard InChI is InChI=1S/C14H19FN2S/c1-14(2,10-16)7-3-4-8-18-11-5-6-13(17)12(15)9-11/h5-6,9H,3-4,7-8,17H2,1-2H3. The highest BCUT2D eigenvalue weighted by atomic mass is 32.2. The predicted octanol–water partition coefficient (Wildman–Crippen LogP) is 4.22. The predicted molar refractivity (Wildman–Crippen MR) is 74.8 cm³/mol. The van der Waals surface area contributed by atoms with E-state index in [2.05, 4.69) is 6.07 Å². The third-order valence-electron chi connectivity index (χ3n) is 2.74. The summed E-state index contributed by atoms with van der Waals surface area (Å²) in [4.78, 5) is 0.904. The lowest BCUT2D eigenvalue weighted by atomic mass is 9.89. The van der Waals surface area contributed by atoms with Crippen LogP contribution in [0.5, 0.6) is 0 Å². The summed E-state index contributed by atoms with van der Waals surface area (Å²) in [5.41, 5.74) is 5.37. The molecule has 0 aromatic heterocycles. The van der Waals surface area contributed by atoms with Gasteiger partial charge in [0.2, 0.25) is 0 Å². The molecule has 18 heavy (non-hydrogen) atoms. The number of thioether (sulfide) groups is 1. The van der Waals surface area contributed by atoms with Gasteiger partial charge in [-0.05, 0) is 50.6 Å². The molecule has 2 nitrogen and oxygen atoms in total. The van der Waals surface area contributed by atoms with E-state index in [-0.39, 0.29) is 16.9 Å². The van der Waals surface area contributed by atoms with E-state index in [9.17, 15) is 4.39 Å². The van der Waals surface area contributed by atoms with Gasteiger partial charge in [-0.2, -0.15) is 5.26 Å². The second-order valence-corrected chi connectivity index (χ2v) is 6.15. The number of nitrogens with zero attached hydrogens (tertiary/aromatic N) is 1. The zero-order valence-electron chi connectivity index (χ0n) is 10.9. The van der Waals surface area contributed by atoms with Crippen LogP contribution in [-0.4, -0.2) is 5.75 Å². The first-order valence-electron chi connectivity index (χ1n) is 6.04. The fraction of sp³-hybridized carbons (Fsp3) is 0.500. The van der Waals surface area contributed by atoms with Gasteiger partial charge in [-0.3, -0.25) is 0 Å². The topological polar surface area (TPSA) is 49.8 Å². The van der Waals surface area contributed by atoms with Crippen LogP contribution < -0.4 is 5.73 Å². The summed E-state index contributed by atoms with van der Waals surface area (Å²) >= 11 is 1.62. The van der Waals surface area contributed by atoms with Gasteiger partial charge in [0.15, 0.2) is 0 Å². The van der Waals surface area contributed by atoms with Crippen molar-refractivity contribution in [2.45, 2.75) is 38.0 Å². The molecule has 0 spiro atoms. The van der Waals surface area contributed by atoms with Gasteiger partial charge in [0, 0.05) is 4.90 Å². The van der Waals surface area contributed by atoms with Gasteiger partial charge in [0.25, 0.3) is 0 Å². The van der Waals surface area contributed by atoms with E-state index in [1.807, 2.05) is 19.9 Å². The zero-order valence-corrected chi connectivity index (χ0v) is 11.7. The van der Waals surface area contributed by atoms with Crippen molar-refractivity contribution in [2.75, 3.05) is 11.5 Å². The maximum Gasteiger partial charge on any atom is 0.147 e. The fourth-order valence-corrected chi connectivity index (χ4v) is 2.45. The van der Waals surface area contributed by atoms with Crippen LogP contribution in [0.25, 0.3) is 0 Å². The Bertz CT molecular complexity index is 438. The Morgan fingerprint density at radius 2 is 2.11 bits per heavy atom. The minimum absolute atomic E-state index is 0.190. The van der Waals surface area contributed by atoms with Crippen LogP contribution in [0.15, 0.2) is 23.1 Å². The summed E-state index contributed by atoms with van der Waals surface area (Å²) < 4.78 is 13.2. The molecule has 1 aromatic rings. The quantitative estimate of drug-likeness (QED) is 0.476. The van der Waals surface area contributed by atoms with Crippen molar-refractivity contribution in [2.24, 2.45) is 5.41 Å². The van der Waals surface area contributed by atoms with Gasteiger partial charge in [-0.1, -0.05) is 6.42 Å². The van der Waals surface area contributed by atoms with Crippen molar-refractivity contribution < 1.29 is 4.39 Å². The first-order valence-corrected chi connectivity index (χ1v) is 7.02. The van der Waals surface area contributed by atoms with E-state index >= 15 is 0 Å². The van der Waals surface area contributed by atoms with E-state index < -0.39 is 0 Å². The number of nitrogen functional groups attached to an aromatic ring is 1. The molecule has 98 valence electrons. The Morgan fingerprint density at radius 1 is 1.39 bits per heavy atom. The molecule has 0 atom stereocenters. The average molecular weight is 266 g/mol. The van der Waals surface area contributed by atoms with E-state index in [0.29, 0.717) is 0 Å². The summed E-state index contributed by atoms with van der Waals surface area (Å²) in [6, 6.07) is 7.19. The summed E-state index contributed by atoms with van der Waals surface area (Å²) in [5, 5.41) is 8.88. The van der Waals surface area contributed by atoms with Gasteiger partial charge >= 0.3 is 0 Å². The summed E-state index contributed by atoms with van der Waals surface area (Å²) in [6.07, 6.45) is 2.95. The van der Waals surface area contributed by atoms with E-state index in [0.717, 1.165) is 29.9 Å². The molecule has 0 amide bonds. The van der Waals surface area contributed by atoms with Crippen molar-refractivity contribution in [3.63, 3.8) is 0 Å². The maximum absolute atomic E-state index is 13.2. The van der Waals surface area contributed by atoms with Crippen molar-refractivity contribution >= 4 is 17.4 Å². The maximum atomic E-state index is 13.2. The van der Waals surface area contributed by atoms with Crippen molar-refractivity contribution in [3.8, 4) is 6.07 Å². The Hall–Kier alpha value is -1.21. The number of benzene rings is 1. The number of nitrogens with two attached hydrogens (primary N) is 1. The van der Waals surface area contributed by atoms with Gasteiger partial charge in [-0.25, -0.2) is 4.39 Å². The monoisotopic (exact) mass is 266 g/mol. The molecule has 0 unspecified atom stereocenters. The van der Waals surface area contributed by atoms with Crippen molar-refractivity contribution in [1.82, 2.24) is 0 Å². The molecule has 0 saturated carbocycles. The Morgan fingerprint density at radius 3 is 2.72 bits per heavy atom. The lowest BCUT2D eigenvalue weighted by molar-refractivity contribution is 0.433. The molecule has 1 aromatic carbocycles.